The maximum Gasteiger partial charge on any atom is 0.238 e. The minimum absolute atomic E-state index is 0.0425. The molecule has 0 aliphatic rings. The Hall–Kier alpha value is -0.940. The smallest absolute Gasteiger partial charge is 0.238 e. The van der Waals surface area contributed by atoms with Crippen LogP contribution in [0.25, 0.3) is 0 Å². The Morgan fingerprint density at radius 1 is 1.57 bits per heavy atom. The van der Waals surface area contributed by atoms with E-state index in [9.17, 15) is 4.79 Å². The Morgan fingerprint density at radius 2 is 2.29 bits per heavy atom. The molecule has 4 nitrogen and oxygen atoms in total. The number of nitrogens with zero attached hydrogens (tertiary/aromatic N) is 2. The number of rotatable bonds is 3. The lowest BCUT2D eigenvalue weighted by Gasteiger charge is -2.09. The molecular weight excluding hydrogens is 246 g/mol. The van der Waals surface area contributed by atoms with E-state index < -0.39 is 0 Å². The van der Waals surface area contributed by atoms with Gasteiger partial charge in [-0.15, -0.1) is 0 Å². The van der Waals surface area contributed by atoms with Gasteiger partial charge in [0, 0.05) is 0 Å². The monoisotopic (exact) mass is 257 g/mol. The lowest BCUT2D eigenvalue weighted by molar-refractivity contribution is -0.116. The first kappa shape index (κ1) is 11.1. The maximum atomic E-state index is 11.3. The molecule has 1 rings (SSSR count). The van der Waals surface area contributed by atoms with Crippen LogP contribution in [0.2, 0.25) is 0 Å². The number of halogens is 1. The fourth-order valence-electron chi connectivity index (χ4n) is 0.937. The van der Waals surface area contributed by atoms with E-state index in [1.807, 2.05) is 19.0 Å². The van der Waals surface area contributed by atoms with Gasteiger partial charge in [0.1, 0.15) is 4.60 Å². The summed E-state index contributed by atoms with van der Waals surface area (Å²) in [7, 11) is 3.69. The third-order valence-electron chi connectivity index (χ3n) is 1.47. The highest BCUT2D eigenvalue weighted by Gasteiger charge is 2.03. The van der Waals surface area contributed by atoms with Crippen molar-refractivity contribution in [3.63, 3.8) is 0 Å². The van der Waals surface area contributed by atoms with E-state index in [2.05, 4.69) is 26.2 Å². The second kappa shape index (κ2) is 5.07. The van der Waals surface area contributed by atoms with Crippen molar-refractivity contribution in [3.8, 4) is 0 Å². The summed E-state index contributed by atoms with van der Waals surface area (Å²) < 4.78 is 0.753. The van der Waals surface area contributed by atoms with Crippen LogP contribution in [0.4, 0.5) is 5.69 Å². The molecule has 0 atom stereocenters. The lowest BCUT2D eigenvalue weighted by Crippen LogP contribution is -2.27. The van der Waals surface area contributed by atoms with Crippen LogP contribution in [0.1, 0.15) is 0 Å². The van der Waals surface area contributed by atoms with Gasteiger partial charge >= 0.3 is 0 Å². The van der Waals surface area contributed by atoms with Crippen LogP contribution >= 0.6 is 15.9 Å². The number of hydrogen-bond donors (Lipinski definition) is 1. The maximum absolute atomic E-state index is 11.3. The van der Waals surface area contributed by atoms with E-state index in [1.54, 1.807) is 18.3 Å². The zero-order valence-corrected chi connectivity index (χ0v) is 9.71. The summed E-state index contributed by atoms with van der Waals surface area (Å²) in [5, 5.41) is 2.74. The summed E-state index contributed by atoms with van der Waals surface area (Å²) >= 11 is 3.22. The normalized spacial score (nSPS) is 10.3. The third kappa shape index (κ3) is 3.85. The first-order valence-electron chi connectivity index (χ1n) is 4.14. The molecule has 14 heavy (non-hydrogen) atoms. The van der Waals surface area contributed by atoms with Crippen LogP contribution in [0.15, 0.2) is 22.9 Å². The van der Waals surface area contributed by atoms with Crippen molar-refractivity contribution in [1.82, 2.24) is 9.88 Å². The zero-order valence-electron chi connectivity index (χ0n) is 8.12. The van der Waals surface area contributed by atoms with Crippen LogP contribution < -0.4 is 5.32 Å². The van der Waals surface area contributed by atoms with Crippen LogP contribution in [-0.4, -0.2) is 36.4 Å². The summed E-state index contributed by atoms with van der Waals surface area (Å²) in [6.45, 7) is 0.371. The number of amides is 1. The van der Waals surface area contributed by atoms with Crippen LogP contribution in [0.3, 0.4) is 0 Å². The molecule has 0 spiro atoms. The first-order valence-corrected chi connectivity index (χ1v) is 4.93. The predicted octanol–water partition coefficient (Wildman–Crippen LogP) is 1.34. The van der Waals surface area contributed by atoms with Gasteiger partial charge in [-0.25, -0.2) is 4.98 Å². The fraction of sp³-hybridized carbons (Fsp3) is 0.333. The van der Waals surface area contributed by atoms with Crippen molar-refractivity contribution >= 4 is 27.5 Å². The number of anilines is 1. The van der Waals surface area contributed by atoms with Gasteiger partial charge < -0.3 is 10.2 Å². The largest absolute Gasteiger partial charge is 0.324 e. The highest BCUT2D eigenvalue weighted by Crippen LogP contribution is 2.09. The fourth-order valence-corrected chi connectivity index (χ4v) is 1.17. The van der Waals surface area contributed by atoms with Gasteiger partial charge in [0.2, 0.25) is 5.91 Å². The van der Waals surface area contributed by atoms with E-state index >= 15 is 0 Å². The highest BCUT2D eigenvalue weighted by atomic mass is 79.9. The van der Waals surface area contributed by atoms with Crippen LogP contribution in [-0.2, 0) is 4.79 Å². The first-order chi connectivity index (χ1) is 6.58. The SMILES string of the molecule is CN(C)CC(=O)Nc1ccc(Br)nc1. The zero-order chi connectivity index (χ0) is 10.6. The number of aromatic nitrogens is 1. The van der Waals surface area contributed by atoms with Crippen LogP contribution in [0.5, 0.6) is 0 Å². The summed E-state index contributed by atoms with van der Waals surface area (Å²) in [4.78, 5) is 17.1. The molecule has 0 radical (unpaired) electrons. The van der Waals surface area contributed by atoms with Gasteiger partial charge in [-0.05, 0) is 42.2 Å². The van der Waals surface area contributed by atoms with Crippen molar-refractivity contribution in [1.29, 1.82) is 0 Å². The number of likely N-dealkylation sites (N-methyl/N-ethyl adjacent to an activating group) is 1. The minimum Gasteiger partial charge on any atom is -0.324 e. The third-order valence-corrected chi connectivity index (χ3v) is 1.94. The second-order valence-electron chi connectivity index (χ2n) is 3.16. The van der Waals surface area contributed by atoms with Crippen molar-refractivity contribution in [2.24, 2.45) is 0 Å². The van der Waals surface area contributed by atoms with E-state index in [0.29, 0.717) is 12.2 Å². The standard InChI is InChI=1S/C9H12BrN3O/c1-13(2)6-9(14)12-7-3-4-8(10)11-5-7/h3-5H,6H2,1-2H3,(H,12,14). The molecule has 0 aliphatic heterocycles. The molecule has 1 amide bonds. The molecule has 1 aromatic rings. The van der Waals surface area contributed by atoms with Crippen LogP contribution in [0, 0.1) is 0 Å². The molecule has 0 bridgehead atoms. The minimum atomic E-state index is -0.0425. The van der Waals surface area contributed by atoms with Gasteiger partial charge in [-0.3, -0.25) is 4.79 Å². The highest BCUT2D eigenvalue weighted by molar-refractivity contribution is 9.10. The van der Waals surface area contributed by atoms with Crippen molar-refractivity contribution < 1.29 is 4.79 Å². The number of carbonyl (C=O) groups is 1. The summed E-state index contributed by atoms with van der Waals surface area (Å²) in [6, 6.07) is 3.58. The lowest BCUT2D eigenvalue weighted by atomic mass is 10.4. The molecular formula is C9H12BrN3O. The Labute approximate surface area is 91.4 Å². The number of pyridine rings is 1. The molecule has 1 N–H and O–H groups in total. The van der Waals surface area contributed by atoms with Crippen molar-refractivity contribution in [3.05, 3.63) is 22.9 Å². The van der Waals surface area contributed by atoms with Gasteiger partial charge in [0.25, 0.3) is 0 Å². The Balaban J connectivity index is 2.52. The molecule has 1 heterocycles. The average Bonchev–Trinajstić information content (AvgIpc) is 2.07. The van der Waals surface area contributed by atoms with Crippen molar-refractivity contribution in [2.45, 2.75) is 0 Å². The van der Waals surface area contributed by atoms with E-state index in [1.165, 1.54) is 0 Å². The van der Waals surface area contributed by atoms with Crippen molar-refractivity contribution in [2.75, 3.05) is 26.0 Å². The molecule has 0 saturated carbocycles. The molecule has 5 heteroatoms. The molecule has 0 aromatic carbocycles. The second-order valence-corrected chi connectivity index (χ2v) is 3.97. The summed E-state index contributed by atoms with van der Waals surface area (Å²) in [5.74, 6) is -0.0425. The molecule has 0 saturated heterocycles. The van der Waals surface area contributed by atoms with Gasteiger partial charge in [0.05, 0.1) is 18.4 Å². The molecule has 0 unspecified atom stereocenters. The predicted molar refractivity (Wildman–Crippen MR) is 59.1 cm³/mol. The quantitative estimate of drug-likeness (QED) is 0.832. The van der Waals surface area contributed by atoms with E-state index in [-0.39, 0.29) is 5.91 Å². The van der Waals surface area contributed by atoms with E-state index in [4.69, 9.17) is 0 Å². The number of carbonyl (C=O) groups excluding carboxylic acids is 1. The summed E-state index contributed by atoms with van der Waals surface area (Å²) in [5.41, 5.74) is 0.708. The Morgan fingerprint density at radius 3 is 2.79 bits per heavy atom. The van der Waals surface area contributed by atoms with Gasteiger partial charge in [-0.2, -0.15) is 0 Å². The molecule has 0 aliphatic carbocycles. The Kier molecular flexibility index (Phi) is 4.03. The number of hydrogen-bond acceptors (Lipinski definition) is 3. The summed E-state index contributed by atoms with van der Waals surface area (Å²) in [6.07, 6.45) is 1.61. The molecule has 1 aromatic heterocycles. The topological polar surface area (TPSA) is 45.2 Å². The number of nitrogens with one attached hydrogen (secondary N) is 1. The van der Waals surface area contributed by atoms with Gasteiger partial charge in [0.15, 0.2) is 0 Å². The average molecular weight is 258 g/mol. The van der Waals surface area contributed by atoms with Gasteiger partial charge in [-0.1, -0.05) is 0 Å². The Bertz CT molecular complexity index is 310. The molecule has 0 fully saturated rings. The van der Waals surface area contributed by atoms with E-state index in [0.717, 1.165) is 4.60 Å². The molecule has 76 valence electrons.